The van der Waals surface area contributed by atoms with E-state index in [-0.39, 0.29) is 59.0 Å². The van der Waals surface area contributed by atoms with Crippen LogP contribution >= 0.6 is 11.6 Å². The van der Waals surface area contributed by atoms with Gasteiger partial charge in [0, 0.05) is 36.5 Å². The lowest BCUT2D eigenvalue weighted by atomic mass is 9.74. The zero-order chi connectivity index (χ0) is 26.3. The van der Waals surface area contributed by atoms with Crippen molar-refractivity contribution in [2.75, 3.05) is 25.0 Å². The number of carbonyl (C=O) groups excluding carboxylic acids is 1. The van der Waals surface area contributed by atoms with Crippen LogP contribution in [0.5, 0.6) is 0 Å². The molecule has 12 heteroatoms. The molecule has 2 unspecified atom stereocenters. The molecule has 2 bridgehead atoms. The van der Waals surface area contributed by atoms with E-state index in [0.29, 0.717) is 31.5 Å². The molecule has 196 valence electrons. The quantitative estimate of drug-likeness (QED) is 0.298. The van der Waals surface area contributed by atoms with Crippen LogP contribution in [-0.2, 0) is 9.84 Å². The number of anilines is 1. The molecule has 2 aromatic rings. The Hall–Kier alpha value is -2.18. The van der Waals surface area contributed by atoms with Gasteiger partial charge in [-0.2, -0.15) is 0 Å². The number of nitrogens with one attached hydrogen (secondary N) is 2. The molecule has 7 nitrogen and oxygen atoms in total. The van der Waals surface area contributed by atoms with Crippen molar-refractivity contribution in [2.45, 2.75) is 41.4 Å². The third-order valence-electron chi connectivity index (χ3n) is 7.25. The lowest BCUT2D eigenvalue weighted by Gasteiger charge is -2.42. The fourth-order valence-electron chi connectivity index (χ4n) is 5.39. The first kappa shape index (κ1) is 26.9. The van der Waals surface area contributed by atoms with Gasteiger partial charge in [-0.3, -0.25) is 4.79 Å². The van der Waals surface area contributed by atoms with Crippen molar-refractivity contribution in [1.29, 1.82) is 0 Å². The molecular weight excluding hydrogens is 521 g/mol. The monoisotopic (exact) mass is 546 g/mol. The van der Waals surface area contributed by atoms with E-state index < -0.39 is 44.0 Å². The van der Waals surface area contributed by atoms with Gasteiger partial charge < -0.3 is 20.8 Å². The van der Waals surface area contributed by atoms with Gasteiger partial charge in [0.2, 0.25) is 0 Å². The van der Waals surface area contributed by atoms with Gasteiger partial charge >= 0.3 is 0 Å². The highest BCUT2D eigenvalue weighted by Crippen LogP contribution is 2.52. The smallest absolute Gasteiger partial charge is 0.255 e. The summed E-state index contributed by atoms with van der Waals surface area (Å²) in [6.45, 7) is 0.512. The molecule has 0 aliphatic heterocycles. The van der Waals surface area contributed by atoms with Crippen LogP contribution in [0.3, 0.4) is 0 Å². The van der Waals surface area contributed by atoms with E-state index in [1.165, 1.54) is 12.1 Å². The molecule has 36 heavy (non-hydrogen) atoms. The molecule has 2 aromatic carbocycles. The Labute approximate surface area is 211 Å². The van der Waals surface area contributed by atoms with E-state index in [4.69, 9.17) is 16.7 Å². The molecule has 2 atom stereocenters. The largest absolute Gasteiger partial charge is 0.395 e. The first-order valence-corrected chi connectivity index (χ1v) is 13.4. The van der Waals surface area contributed by atoms with Crippen LogP contribution in [0.2, 0.25) is 5.02 Å². The fraction of sp³-hybridized carbons (Fsp3) is 0.458. The van der Waals surface area contributed by atoms with Crippen LogP contribution < -0.4 is 10.6 Å². The van der Waals surface area contributed by atoms with Crippen molar-refractivity contribution in [2.24, 2.45) is 11.8 Å². The third kappa shape index (κ3) is 4.99. The lowest BCUT2D eigenvalue weighted by Crippen LogP contribution is -2.54. The molecule has 2 saturated carbocycles. The van der Waals surface area contributed by atoms with E-state index in [1.54, 1.807) is 0 Å². The highest BCUT2D eigenvalue weighted by atomic mass is 35.5. The third-order valence-corrected chi connectivity index (χ3v) is 9.90. The number of sulfone groups is 1. The Morgan fingerprint density at radius 2 is 1.69 bits per heavy atom. The number of halogens is 4. The molecule has 0 heterocycles. The maximum atomic E-state index is 13.6. The summed E-state index contributed by atoms with van der Waals surface area (Å²) >= 11 is 6.22. The molecule has 1 amide bonds. The van der Waals surface area contributed by atoms with E-state index in [2.05, 4.69) is 10.6 Å². The first-order chi connectivity index (χ1) is 17.0. The van der Waals surface area contributed by atoms with Gasteiger partial charge in [0.05, 0.1) is 27.4 Å². The molecule has 2 fully saturated rings. The van der Waals surface area contributed by atoms with Crippen molar-refractivity contribution < 1.29 is 36.6 Å². The van der Waals surface area contributed by atoms with Crippen molar-refractivity contribution in [3.8, 4) is 0 Å². The number of hydrogen-bond donors (Lipinski definition) is 4. The minimum Gasteiger partial charge on any atom is -0.395 e. The van der Waals surface area contributed by atoms with Crippen molar-refractivity contribution in [3.63, 3.8) is 0 Å². The Kier molecular flexibility index (Phi) is 7.68. The molecular formula is C24H26ClF3N2O5S. The average Bonchev–Trinajstić information content (AvgIpc) is 2.99. The average molecular weight is 547 g/mol. The fourth-order valence-corrected chi connectivity index (χ4v) is 7.79. The number of aliphatic hydroxyl groups is 2. The van der Waals surface area contributed by atoms with Gasteiger partial charge in [0.15, 0.2) is 27.3 Å². The summed E-state index contributed by atoms with van der Waals surface area (Å²) in [6, 6.07) is 4.84. The van der Waals surface area contributed by atoms with Crippen LogP contribution in [0.15, 0.2) is 35.2 Å². The van der Waals surface area contributed by atoms with Gasteiger partial charge in [-0.15, -0.1) is 0 Å². The van der Waals surface area contributed by atoms with Gasteiger partial charge in [0.25, 0.3) is 5.91 Å². The van der Waals surface area contributed by atoms with Crippen molar-refractivity contribution in [1.82, 2.24) is 5.32 Å². The summed E-state index contributed by atoms with van der Waals surface area (Å²) in [4.78, 5) is 12.4. The minimum atomic E-state index is -3.99. The Morgan fingerprint density at radius 3 is 2.28 bits per heavy atom. The van der Waals surface area contributed by atoms with E-state index in [9.17, 15) is 31.5 Å². The number of aliphatic hydroxyl groups excluding tert-OH is 1. The summed E-state index contributed by atoms with van der Waals surface area (Å²) in [5.74, 6) is -6.01. The Bertz CT molecular complexity index is 1240. The van der Waals surface area contributed by atoms with Gasteiger partial charge in [-0.25, -0.2) is 21.6 Å². The maximum absolute atomic E-state index is 13.6. The summed E-state index contributed by atoms with van der Waals surface area (Å²) in [6.07, 6.45) is 1.79. The normalized spacial score (nSPS) is 25.7. The van der Waals surface area contributed by atoms with Gasteiger partial charge in [-0.1, -0.05) is 11.6 Å². The highest BCUT2D eigenvalue weighted by Gasteiger charge is 2.55. The van der Waals surface area contributed by atoms with Crippen LogP contribution in [0.4, 0.5) is 18.9 Å². The van der Waals surface area contributed by atoms with Crippen LogP contribution in [0.25, 0.3) is 0 Å². The van der Waals surface area contributed by atoms with E-state index >= 15 is 0 Å². The van der Waals surface area contributed by atoms with Crippen molar-refractivity contribution in [3.05, 3.63) is 58.4 Å². The zero-order valence-corrected chi connectivity index (χ0v) is 20.7. The Balaban J connectivity index is 1.55. The molecule has 2 aliphatic rings. The molecule has 0 saturated heterocycles. The van der Waals surface area contributed by atoms with Crippen molar-refractivity contribution >= 4 is 33.0 Å². The summed E-state index contributed by atoms with van der Waals surface area (Å²) in [7, 11) is -3.99. The predicted octanol–water partition coefficient (Wildman–Crippen LogP) is 3.28. The second-order valence-corrected chi connectivity index (χ2v) is 12.0. The maximum Gasteiger partial charge on any atom is 0.255 e. The highest BCUT2D eigenvalue weighted by molar-refractivity contribution is 7.92. The molecule has 0 aromatic heterocycles. The Morgan fingerprint density at radius 1 is 1.08 bits per heavy atom. The van der Waals surface area contributed by atoms with Gasteiger partial charge in [0.1, 0.15) is 0 Å². The van der Waals surface area contributed by atoms with E-state index in [0.717, 1.165) is 6.07 Å². The number of benzene rings is 2. The molecule has 0 radical (unpaired) electrons. The molecule has 2 aliphatic carbocycles. The van der Waals surface area contributed by atoms with Crippen LogP contribution in [0, 0.1) is 29.3 Å². The van der Waals surface area contributed by atoms with Crippen LogP contribution in [0.1, 0.15) is 36.0 Å². The topological polar surface area (TPSA) is 116 Å². The second kappa shape index (κ2) is 10.3. The minimum absolute atomic E-state index is 0.0735. The van der Waals surface area contributed by atoms with Crippen LogP contribution in [-0.4, -0.2) is 55.1 Å². The summed E-state index contributed by atoms with van der Waals surface area (Å²) < 4.78 is 67.3. The number of carbonyl (C=O) groups is 1. The number of hydrogen-bond acceptors (Lipinski definition) is 6. The van der Waals surface area contributed by atoms with E-state index in [1.807, 2.05) is 0 Å². The molecule has 4 N–H and O–H groups in total. The molecule has 0 spiro atoms. The van der Waals surface area contributed by atoms with Gasteiger partial charge in [-0.05, 0) is 55.7 Å². The predicted molar refractivity (Wildman–Crippen MR) is 127 cm³/mol. The first-order valence-electron chi connectivity index (χ1n) is 11.5. The standard InChI is InChI=1S/C24H26ClF3N2O5S/c25-18-4-1-13(23(32)30-16-10-19(26)22(28)20(27)11-16)7-21(18)36(34,35)17-8-14-2-3-15(9-17)24(14,33)12-29-5-6-31/h1,4,7,10-11,14-15,17,29,31,33H,2-3,5-6,8-9,12H2,(H,30,32)/t14?,15?,17-,24-. The SMILES string of the molecule is O=C(Nc1cc(F)c(F)c(F)c1)c1ccc(Cl)c(S(=O)(=O)[C@H]2CC3CCC(C2)[C@]3(O)CNCCO)c1. The molecule has 4 rings (SSSR count). The zero-order valence-electron chi connectivity index (χ0n) is 19.1. The summed E-state index contributed by atoms with van der Waals surface area (Å²) in [5, 5.41) is 24.6. The number of fused-ring (bicyclic) bond motifs is 2. The number of rotatable bonds is 8. The second-order valence-electron chi connectivity index (χ2n) is 9.35. The lowest BCUT2D eigenvalue weighted by molar-refractivity contribution is -0.0565. The summed E-state index contributed by atoms with van der Waals surface area (Å²) in [5.41, 5.74) is -1.52. The number of amides is 1.